The molecular weight excluding hydrogens is 372 g/mol. The van der Waals surface area contributed by atoms with Crippen LogP contribution in [-0.2, 0) is 18.9 Å². The predicted octanol–water partition coefficient (Wildman–Crippen LogP) is 0.571. The zero-order valence-corrected chi connectivity index (χ0v) is 15.4. The molecule has 3 rings (SSSR count). The van der Waals surface area contributed by atoms with Crippen molar-refractivity contribution >= 4 is 17.4 Å². The average Bonchev–Trinajstić information content (AvgIpc) is 2.65. The summed E-state index contributed by atoms with van der Waals surface area (Å²) in [6.07, 6.45) is -0.159. The molecule has 2 N–H and O–H groups in total. The van der Waals surface area contributed by atoms with Crippen molar-refractivity contribution in [3.8, 4) is 11.5 Å². The van der Waals surface area contributed by atoms with E-state index in [9.17, 15) is 29.6 Å². The topological polar surface area (TPSA) is 146 Å². The lowest BCUT2D eigenvalue weighted by molar-refractivity contribution is -0.386. The first-order chi connectivity index (χ1) is 13.2. The molecule has 0 spiro atoms. The van der Waals surface area contributed by atoms with Crippen LogP contribution in [0.1, 0.15) is 30.4 Å². The van der Waals surface area contributed by atoms with Crippen molar-refractivity contribution in [2.75, 3.05) is 11.9 Å². The lowest BCUT2D eigenvalue weighted by atomic mass is 9.86. The Hall–Kier alpha value is -3.63. The molecule has 11 nitrogen and oxygen atoms in total. The summed E-state index contributed by atoms with van der Waals surface area (Å²) in [6.45, 7) is 1.79. The number of hydrogen-bond donors (Lipinski definition) is 2. The number of hydrogen-bond acceptors (Lipinski definition) is 7. The highest BCUT2D eigenvalue weighted by Gasteiger charge is 2.34. The number of phenols is 1. The monoisotopic (exact) mass is 390 g/mol. The molecule has 1 aromatic heterocycles. The van der Waals surface area contributed by atoms with Crippen LogP contribution in [0.15, 0.2) is 21.7 Å². The van der Waals surface area contributed by atoms with E-state index < -0.39 is 39.4 Å². The van der Waals surface area contributed by atoms with E-state index in [-0.39, 0.29) is 35.7 Å². The van der Waals surface area contributed by atoms with Gasteiger partial charge in [-0.25, -0.2) is 4.79 Å². The molecule has 0 fully saturated rings. The summed E-state index contributed by atoms with van der Waals surface area (Å²) in [4.78, 5) is 47.7. The van der Waals surface area contributed by atoms with E-state index in [2.05, 4.69) is 5.32 Å². The average molecular weight is 390 g/mol. The molecule has 0 radical (unpaired) electrons. The fraction of sp³-hybridized carbons (Fsp3) is 0.353. The summed E-state index contributed by atoms with van der Waals surface area (Å²) in [5, 5.41) is 23.9. The van der Waals surface area contributed by atoms with Crippen molar-refractivity contribution < 1.29 is 19.6 Å². The summed E-state index contributed by atoms with van der Waals surface area (Å²) in [7, 11) is 2.72. The number of carbonyl (C=O) groups is 1. The molecule has 0 saturated heterocycles. The Labute approximate surface area is 157 Å². The van der Waals surface area contributed by atoms with E-state index in [1.165, 1.54) is 20.2 Å². The number of fused-ring (bicyclic) bond motifs is 1. The fourth-order valence-corrected chi connectivity index (χ4v) is 3.31. The van der Waals surface area contributed by atoms with Gasteiger partial charge in [-0.05, 0) is 18.6 Å². The minimum atomic E-state index is -0.854. The van der Waals surface area contributed by atoms with E-state index >= 15 is 0 Å². The molecule has 28 heavy (non-hydrogen) atoms. The highest BCUT2D eigenvalue weighted by Crippen LogP contribution is 2.42. The van der Waals surface area contributed by atoms with Crippen LogP contribution in [0.3, 0.4) is 0 Å². The first-order valence-corrected chi connectivity index (χ1v) is 8.41. The third-order valence-corrected chi connectivity index (χ3v) is 4.67. The summed E-state index contributed by atoms with van der Waals surface area (Å²) >= 11 is 0. The van der Waals surface area contributed by atoms with Crippen molar-refractivity contribution in [3.05, 3.63) is 54.2 Å². The number of nitrogens with zero attached hydrogens (tertiary/aromatic N) is 3. The smallest absolute Gasteiger partial charge is 0.332 e. The van der Waals surface area contributed by atoms with Gasteiger partial charge in [0.1, 0.15) is 5.82 Å². The molecule has 1 atom stereocenters. The maximum atomic E-state index is 12.8. The zero-order chi connectivity index (χ0) is 20.7. The SMILES string of the molecule is CCOc1cc([C@H]2CC(=O)Nc3c2c(=O)n(C)c(=O)n3C)cc([N+](=O)[O-])c1O. The number of aromatic hydroxyl groups is 1. The van der Waals surface area contributed by atoms with Crippen LogP contribution in [-0.4, -0.2) is 31.7 Å². The standard InChI is InChI=1S/C17H18N4O7/c1-4-28-11-6-8(5-10(14(11)23)21(26)27)9-7-12(22)18-15-13(9)16(24)20(3)17(25)19(15)2/h5-6,9,23H,4,7H2,1-3H3,(H,18,22)/t9-/m1/s1. The largest absolute Gasteiger partial charge is 0.500 e. The van der Waals surface area contributed by atoms with Gasteiger partial charge >= 0.3 is 11.4 Å². The normalized spacial score (nSPS) is 15.7. The highest BCUT2D eigenvalue weighted by molar-refractivity contribution is 5.94. The summed E-state index contributed by atoms with van der Waals surface area (Å²) in [5.41, 5.74) is -1.45. The van der Waals surface area contributed by atoms with E-state index in [1.807, 2.05) is 0 Å². The lowest BCUT2D eigenvalue weighted by Crippen LogP contribution is -2.44. The Morgan fingerprint density at radius 3 is 2.57 bits per heavy atom. The number of anilines is 1. The Kier molecular flexibility index (Phi) is 4.67. The number of nitrogens with one attached hydrogen (secondary N) is 1. The number of phenolic OH excluding ortho intramolecular Hbond substituents is 1. The van der Waals surface area contributed by atoms with Gasteiger partial charge in [-0.1, -0.05) is 0 Å². The number of nitro benzene ring substituents is 1. The number of ether oxygens (including phenoxy) is 1. The molecule has 1 aliphatic heterocycles. The quantitative estimate of drug-likeness (QED) is 0.573. The number of rotatable bonds is 4. The second-order valence-electron chi connectivity index (χ2n) is 6.35. The van der Waals surface area contributed by atoms with Crippen LogP contribution in [0.4, 0.5) is 11.5 Å². The third-order valence-electron chi connectivity index (χ3n) is 4.67. The van der Waals surface area contributed by atoms with Crippen LogP contribution in [0.25, 0.3) is 0 Å². The molecule has 2 heterocycles. The van der Waals surface area contributed by atoms with Crippen LogP contribution in [0.5, 0.6) is 11.5 Å². The molecule has 1 aromatic carbocycles. The molecule has 0 bridgehead atoms. The van der Waals surface area contributed by atoms with Crippen LogP contribution < -0.4 is 21.3 Å². The summed E-state index contributed by atoms with van der Waals surface area (Å²) in [5.74, 6) is -2.02. The van der Waals surface area contributed by atoms with Gasteiger partial charge in [-0.15, -0.1) is 0 Å². The van der Waals surface area contributed by atoms with E-state index in [1.54, 1.807) is 6.92 Å². The minimum Gasteiger partial charge on any atom is -0.500 e. The maximum Gasteiger partial charge on any atom is 0.332 e. The number of aromatic nitrogens is 2. The first kappa shape index (κ1) is 19.1. The molecular formula is C17H18N4O7. The lowest BCUT2D eigenvalue weighted by Gasteiger charge is -2.27. The van der Waals surface area contributed by atoms with Crippen LogP contribution in [0.2, 0.25) is 0 Å². The number of benzene rings is 1. The van der Waals surface area contributed by atoms with Crippen molar-refractivity contribution in [2.24, 2.45) is 14.1 Å². The van der Waals surface area contributed by atoms with Gasteiger partial charge in [0.25, 0.3) is 5.56 Å². The third kappa shape index (κ3) is 2.90. The van der Waals surface area contributed by atoms with Crippen LogP contribution in [0, 0.1) is 10.1 Å². The van der Waals surface area contributed by atoms with E-state index in [0.29, 0.717) is 0 Å². The summed E-state index contributed by atoms with van der Waals surface area (Å²) in [6, 6.07) is 2.47. The van der Waals surface area contributed by atoms with Crippen molar-refractivity contribution in [1.29, 1.82) is 0 Å². The molecule has 1 amide bonds. The number of nitro groups is 1. The van der Waals surface area contributed by atoms with Crippen molar-refractivity contribution in [2.45, 2.75) is 19.3 Å². The van der Waals surface area contributed by atoms with Gasteiger partial charge in [-0.2, -0.15) is 0 Å². The van der Waals surface area contributed by atoms with Gasteiger partial charge < -0.3 is 15.2 Å². The predicted molar refractivity (Wildman–Crippen MR) is 97.9 cm³/mol. The van der Waals surface area contributed by atoms with Gasteiger partial charge in [0, 0.05) is 32.5 Å². The molecule has 0 saturated carbocycles. The van der Waals surface area contributed by atoms with Gasteiger partial charge in [0.05, 0.1) is 17.1 Å². The molecule has 148 valence electrons. The number of carbonyl (C=O) groups excluding carboxylic acids is 1. The Morgan fingerprint density at radius 1 is 1.29 bits per heavy atom. The Balaban J connectivity index is 2.33. The zero-order valence-electron chi connectivity index (χ0n) is 15.4. The maximum absolute atomic E-state index is 12.8. The first-order valence-electron chi connectivity index (χ1n) is 8.41. The molecule has 1 aliphatic rings. The van der Waals surface area contributed by atoms with Gasteiger partial charge in [0.2, 0.25) is 11.7 Å². The molecule has 2 aromatic rings. The summed E-state index contributed by atoms with van der Waals surface area (Å²) < 4.78 is 7.32. The molecule has 0 aliphatic carbocycles. The second kappa shape index (κ2) is 6.83. The Morgan fingerprint density at radius 2 is 1.96 bits per heavy atom. The molecule has 0 unspecified atom stereocenters. The van der Waals surface area contributed by atoms with E-state index in [4.69, 9.17) is 4.74 Å². The highest BCUT2D eigenvalue weighted by atomic mass is 16.6. The van der Waals surface area contributed by atoms with Gasteiger partial charge in [0.15, 0.2) is 5.75 Å². The Bertz CT molecular complexity index is 1120. The second-order valence-corrected chi connectivity index (χ2v) is 6.35. The van der Waals surface area contributed by atoms with Crippen molar-refractivity contribution in [1.82, 2.24) is 9.13 Å². The van der Waals surface area contributed by atoms with Crippen molar-refractivity contribution in [3.63, 3.8) is 0 Å². The fourth-order valence-electron chi connectivity index (χ4n) is 3.31. The minimum absolute atomic E-state index is 0.0445. The van der Waals surface area contributed by atoms with Gasteiger partial charge in [-0.3, -0.25) is 28.8 Å². The van der Waals surface area contributed by atoms with Crippen LogP contribution >= 0.6 is 0 Å². The van der Waals surface area contributed by atoms with E-state index in [0.717, 1.165) is 15.2 Å². The number of amides is 1. The molecule has 11 heteroatoms.